The molecule has 2 heterocycles. The molecule has 112 valence electrons. The molecule has 1 aliphatic heterocycles. The van der Waals surface area contributed by atoms with Gasteiger partial charge in [-0.3, -0.25) is 24.5 Å². The molecule has 1 saturated heterocycles. The van der Waals surface area contributed by atoms with Crippen LogP contribution in [0.15, 0.2) is 17.5 Å². The highest BCUT2D eigenvalue weighted by Crippen LogP contribution is 2.18. The zero-order chi connectivity index (χ0) is 15.6. The summed E-state index contributed by atoms with van der Waals surface area (Å²) in [6.07, 6.45) is 0. The maximum absolute atomic E-state index is 12.2. The van der Waals surface area contributed by atoms with Gasteiger partial charge in [-0.05, 0) is 25.3 Å². The molecule has 1 fully saturated rings. The maximum Gasteiger partial charge on any atom is 0.261 e. The molecule has 0 aromatic carbocycles. The van der Waals surface area contributed by atoms with E-state index in [1.54, 1.807) is 31.4 Å². The zero-order valence-corrected chi connectivity index (χ0v) is 12.5. The van der Waals surface area contributed by atoms with E-state index in [4.69, 9.17) is 0 Å². The zero-order valence-electron chi connectivity index (χ0n) is 11.6. The molecular formula is C13H15N3O4S. The van der Waals surface area contributed by atoms with Crippen LogP contribution in [0.5, 0.6) is 0 Å². The van der Waals surface area contributed by atoms with Gasteiger partial charge in [0.1, 0.15) is 12.1 Å². The summed E-state index contributed by atoms with van der Waals surface area (Å²) < 4.78 is 0. The fourth-order valence-electron chi connectivity index (χ4n) is 1.93. The van der Waals surface area contributed by atoms with Crippen LogP contribution in [0.1, 0.15) is 23.5 Å². The Morgan fingerprint density at radius 2 is 2.14 bits per heavy atom. The molecule has 0 unspecified atom stereocenters. The lowest BCUT2D eigenvalue weighted by atomic mass is 9.98. The summed E-state index contributed by atoms with van der Waals surface area (Å²) in [7, 11) is 0. The highest BCUT2D eigenvalue weighted by molar-refractivity contribution is 7.12. The van der Waals surface area contributed by atoms with E-state index in [1.165, 1.54) is 16.2 Å². The summed E-state index contributed by atoms with van der Waals surface area (Å²) in [6, 6.07) is 3.38. The Kier molecular flexibility index (Phi) is 4.08. The highest BCUT2D eigenvalue weighted by atomic mass is 32.1. The average molecular weight is 309 g/mol. The molecule has 7 nitrogen and oxygen atoms in total. The molecular weight excluding hydrogens is 294 g/mol. The average Bonchev–Trinajstić information content (AvgIpc) is 2.94. The number of carbonyl (C=O) groups excluding carboxylic acids is 4. The van der Waals surface area contributed by atoms with Crippen molar-refractivity contribution in [3.8, 4) is 0 Å². The van der Waals surface area contributed by atoms with Crippen LogP contribution < -0.4 is 10.6 Å². The molecule has 0 bridgehead atoms. The van der Waals surface area contributed by atoms with Crippen LogP contribution in [-0.4, -0.2) is 47.2 Å². The predicted molar refractivity (Wildman–Crippen MR) is 75.6 cm³/mol. The number of carbonyl (C=O) groups is 4. The molecule has 2 rings (SSSR count). The number of nitrogens with zero attached hydrogens (tertiary/aromatic N) is 1. The molecule has 0 radical (unpaired) electrons. The topological polar surface area (TPSA) is 95.6 Å². The molecule has 0 spiro atoms. The van der Waals surface area contributed by atoms with Gasteiger partial charge < -0.3 is 10.2 Å². The first-order chi connectivity index (χ1) is 9.82. The Hall–Kier alpha value is -2.22. The molecule has 1 aromatic heterocycles. The summed E-state index contributed by atoms with van der Waals surface area (Å²) in [4.78, 5) is 48.7. The van der Waals surface area contributed by atoms with Crippen LogP contribution in [-0.2, 0) is 14.4 Å². The third-order valence-corrected chi connectivity index (χ3v) is 4.10. The van der Waals surface area contributed by atoms with Gasteiger partial charge >= 0.3 is 0 Å². The van der Waals surface area contributed by atoms with Gasteiger partial charge in [0.2, 0.25) is 11.8 Å². The van der Waals surface area contributed by atoms with Crippen molar-refractivity contribution in [1.82, 2.24) is 15.5 Å². The van der Waals surface area contributed by atoms with Gasteiger partial charge in [-0.1, -0.05) is 6.07 Å². The molecule has 4 amide bonds. The number of piperazine rings is 1. The van der Waals surface area contributed by atoms with Crippen molar-refractivity contribution in [2.45, 2.75) is 19.4 Å². The molecule has 8 heteroatoms. The fraction of sp³-hybridized carbons (Fsp3) is 0.385. The molecule has 0 aliphatic carbocycles. The summed E-state index contributed by atoms with van der Waals surface area (Å²) in [6.45, 7) is 2.63. The molecule has 1 aromatic rings. The van der Waals surface area contributed by atoms with E-state index < -0.39 is 23.3 Å². The Bertz CT molecular complexity index is 595. The first-order valence-electron chi connectivity index (χ1n) is 6.29. The van der Waals surface area contributed by atoms with Gasteiger partial charge in [0, 0.05) is 0 Å². The molecule has 0 atom stereocenters. The van der Waals surface area contributed by atoms with Crippen molar-refractivity contribution < 1.29 is 19.2 Å². The molecule has 2 N–H and O–H groups in total. The normalized spacial score (nSPS) is 17.3. The van der Waals surface area contributed by atoms with Crippen molar-refractivity contribution in [1.29, 1.82) is 0 Å². The lowest BCUT2D eigenvalue weighted by Crippen LogP contribution is -2.66. The monoisotopic (exact) mass is 309 g/mol. The minimum Gasteiger partial charge on any atom is -0.342 e. The quantitative estimate of drug-likeness (QED) is 0.752. The number of imide groups is 1. The summed E-state index contributed by atoms with van der Waals surface area (Å²) in [5.41, 5.74) is -1.13. The van der Waals surface area contributed by atoms with E-state index in [0.29, 0.717) is 4.88 Å². The largest absolute Gasteiger partial charge is 0.342 e. The summed E-state index contributed by atoms with van der Waals surface area (Å²) in [5, 5.41) is 6.43. The SMILES string of the molecule is CC1(C)C(=O)NC(=O)CN1C(=O)CNC(=O)c1cccs1. The highest BCUT2D eigenvalue weighted by Gasteiger charge is 2.43. The molecule has 1 aliphatic rings. The second-order valence-corrected chi connectivity index (χ2v) is 6.02. The van der Waals surface area contributed by atoms with E-state index in [9.17, 15) is 19.2 Å². The smallest absolute Gasteiger partial charge is 0.261 e. The van der Waals surface area contributed by atoms with Gasteiger partial charge in [0.15, 0.2) is 0 Å². The predicted octanol–water partition coefficient (Wildman–Crippen LogP) is -0.259. The minimum absolute atomic E-state index is 0.202. The van der Waals surface area contributed by atoms with Crippen molar-refractivity contribution >= 4 is 35.0 Å². The van der Waals surface area contributed by atoms with E-state index in [1.807, 2.05) is 0 Å². The van der Waals surface area contributed by atoms with E-state index in [2.05, 4.69) is 10.6 Å². The number of thiophene rings is 1. The number of hydrogen-bond donors (Lipinski definition) is 2. The van der Waals surface area contributed by atoms with Crippen molar-refractivity contribution in [3.05, 3.63) is 22.4 Å². The Balaban J connectivity index is 2.00. The number of nitrogens with one attached hydrogen (secondary N) is 2. The summed E-state index contributed by atoms with van der Waals surface area (Å²) >= 11 is 1.26. The van der Waals surface area contributed by atoms with Crippen LogP contribution in [0.25, 0.3) is 0 Å². The second kappa shape index (κ2) is 5.65. The number of amides is 4. The van der Waals surface area contributed by atoms with Crippen LogP contribution in [0, 0.1) is 0 Å². The standard InChI is InChI=1S/C13H15N3O4S/c1-13(2)12(20)15-9(17)7-16(13)10(18)6-14-11(19)8-4-3-5-21-8/h3-5H,6-7H2,1-2H3,(H,14,19)(H,15,17,20). The Labute approximate surface area is 125 Å². The van der Waals surface area contributed by atoms with Crippen LogP contribution in [0.2, 0.25) is 0 Å². The van der Waals surface area contributed by atoms with Crippen LogP contribution >= 0.6 is 11.3 Å². The van der Waals surface area contributed by atoms with Gasteiger partial charge in [0.05, 0.1) is 11.4 Å². The van der Waals surface area contributed by atoms with E-state index in [-0.39, 0.29) is 19.0 Å². The van der Waals surface area contributed by atoms with E-state index >= 15 is 0 Å². The Morgan fingerprint density at radius 3 is 2.76 bits per heavy atom. The lowest BCUT2D eigenvalue weighted by Gasteiger charge is -2.40. The lowest BCUT2D eigenvalue weighted by molar-refractivity contribution is -0.155. The maximum atomic E-state index is 12.2. The van der Waals surface area contributed by atoms with Crippen LogP contribution in [0.3, 0.4) is 0 Å². The fourth-order valence-corrected chi connectivity index (χ4v) is 2.57. The van der Waals surface area contributed by atoms with Gasteiger partial charge in [-0.2, -0.15) is 0 Å². The number of hydrogen-bond acceptors (Lipinski definition) is 5. The van der Waals surface area contributed by atoms with E-state index in [0.717, 1.165) is 0 Å². The van der Waals surface area contributed by atoms with Crippen molar-refractivity contribution in [2.75, 3.05) is 13.1 Å². The first-order valence-corrected chi connectivity index (χ1v) is 7.17. The van der Waals surface area contributed by atoms with Crippen LogP contribution in [0.4, 0.5) is 0 Å². The van der Waals surface area contributed by atoms with Crippen molar-refractivity contribution in [2.24, 2.45) is 0 Å². The van der Waals surface area contributed by atoms with Gasteiger partial charge in [-0.25, -0.2) is 0 Å². The first kappa shape index (κ1) is 15.2. The minimum atomic E-state index is -1.13. The third-order valence-electron chi connectivity index (χ3n) is 3.23. The number of rotatable bonds is 3. The summed E-state index contributed by atoms with van der Waals surface area (Å²) in [5.74, 6) is -1.90. The third kappa shape index (κ3) is 3.10. The second-order valence-electron chi connectivity index (χ2n) is 5.08. The van der Waals surface area contributed by atoms with Gasteiger partial charge in [0.25, 0.3) is 11.8 Å². The van der Waals surface area contributed by atoms with Crippen molar-refractivity contribution in [3.63, 3.8) is 0 Å². The molecule has 21 heavy (non-hydrogen) atoms. The molecule has 0 saturated carbocycles. The van der Waals surface area contributed by atoms with Gasteiger partial charge in [-0.15, -0.1) is 11.3 Å². The Morgan fingerprint density at radius 1 is 1.43 bits per heavy atom.